The van der Waals surface area contributed by atoms with Gasteiger partial charge in [-0.15, -0.1) is 0 Å². The fraction of sp³-hybridized carbons (Fsp3) is 0.111. The van der Waals surface area contributed by atoms with E-state index < -0.39 is 5.91 Å². The molecule has 1 amide bonds. The average molecular weight is 547 g/mol. The van der Waals surface area contributed by atoms with Crippen molar-refractivity contribution in [2.75, 3.05) is 26.6 Å². The number of hydrogen-bond donors (Lipinski definition) is 4. The van der Waals surface area contributed by atoms with Gasteiger partial charge in [0.05, 0.1) is 59.9 Å². The summed E-state index contributed by atoms with van der Waals surface area (Å²) in [6.45, 7) is 0. The van der Waals surface area contributed by atoms with Crippen LogP contribution in [-0.2, 0) is 0 Å². The van der Waals surface area contributed by atoms with Crippen LogP contribution in [0.5, 0.6) is 17.2 Å². The Labute approximate surface area is 226 Å². The Hall–Kier alpha value is -5.03. The number of carbonyl (C=O) groups excluding carboxylic acids is 1. The van der Waals surface area contributed by atoms with Gasteiger partial charge in [-0.05, 0) is 30.3 Å². The molecule has 39 heavy (non-hydrogen) atoms. The highest BCUT2D eigenvalue weighted by Gasteiger charge is 2.26. The molecule has 2 aromatic heterocycles. The number of primary amides is 1. The first-order valence-electron chi connectivity index (χ1n) is 11.6. The van der Waals surface area contributed by atoms with Gasteiger partial charge in [-0.2, -0.15) is 0 Å². The van der Waals surface area contributed by atoms with Crippen LogP contribution in [0, 0.1) is 0 Å². The van der Waals surface area contributed by atoms with Gasteiger partial charge in [-0.3, -0.25) is 14.6 Å². The molecule has 5 aromatic rings. The summed E-state index contributed by atoms with van der Waals surface area (Å²) in [5, 5.41) is 3.52. The van der Waals surface area contributed by atoms with E-state index >= 15 is 0 Å². The molecule has 11 nitrogen and oxygen atoms in total. The fourth-order valence-electron chi connectivity index (χ4n) is 4.22. The zero-order valence-electron chi connectivity index (χ0n) is 21.1. The second-order valence-electron chi connectivity index (χ2n) is 8.33. The van der Waals surface area contributed by atoms with Crippen molar-refractivity contribution < 1.29 is 19.0 Å². The van der Waals surface area contributed by atoms with Crippen LogP contribution in [0.4, 0.5) is 11.6 Å². The molecule has 0 aliphatic rings. The lowest BCUT2D eigenvalue weighted by atomic mass is 10.0. The van der Waals surface area contributed by atoms with Crippen LogP contribution in [0.25, 0.3) is 33.7 Å². The van der Waals surface area contributed by atoms with Crippen molar-refractivity contribution in [2.24, 2.45) is 5.73 Å². The Morgan fingerprint density at radius 3 is 2.41 bits per heavy atom. The Kier molecular flexibility index (Phi) is 6.82. The first-order chi connectivity index (χ1) is 18.8. The number of para-hydroxylation sites is 1. The van der Waals surface area contributed by atoms with E-state index in [0.717, 1.165) is 0 Å². The first-order valence-corrected chi connectivity index (χ1v) is 12.0. The number of imidazole rings is 1. The molecule has 0 fully saturated rings. The van der Waals surface area contributed by atoms with Crippen LogP contribution in [0.2, 0.25) is 5.02 Å². The van der Waals surface area contributed by atoms with Crippen molar-refractivity contribution in [3.8, 4) is 39.9 Å². The third-order valence-electron chi connectivity index (χ3n) is 5.98. The molecular weight excluding hydrogens is 524 g/mol. The minimum Gasteiger partial charge on any atom is -0.493 e. The van der Waals surface area contributed by atoms with E-state index in [4.69, 9.17) is 31.5 Å². The van der Waals surface area contributed by atoms with E-state index in [-0.39, 0.29) is 34.3 Å². The number of nitrogens with one attached hydrogen (secondary N) is 3. The summed E-state index contributed by atoms with van der Waals surface area (Å²) in [5.74, 6) is 0.663. The molecule has 5 rings (SSSR count). The Balaban J connectivity index is 1.60. The predicted molar refractivity (Wildman–Crippen MR) is 148 cm³/mol. The van der Waals surface area contributed by atoms with E-state index in [1.807, 2.05) is 6.07 Å². The number of aromatic amines is 2. The van der Waals surface area contributed by atoms with Crippen LogP contribution >= 0.6 is 11.6 Å². The van der Waals surface area contributed by atoms with Gasteiger partial charge < -0.3 is 30.2 Å². The second-order valence-corrected chi connectivity index (χ2v) is 8.74. The smallest absolute Gasteiger partial charge is 0.252 e. The number of anilines is 2. The van der Waals surface area contributed by atoms with Crippen molar-refractivity contribution in [1.29, 1.82) is 0 Å². The highest BCUT2D eigenvalue weighted by Crippen LogP contribution is 2.46. The topological polar surface area (TPSA) is 157 Å². The van der Waals surface area contributed by atoms with Crippen LogP contribution in [0.3, 0.4) is 0 Å². The zero-order valence-corrected chi connectivity index (χ0v) is 21.8. The summed E-state index contributed by atoms with van der Waals surface area (Å²) in [7, 11) is 4.35. The quantitative estimate of drug-likeness (QED) is 0.221. The highest BCUT2D eigenvalue weighted by molar-refractivity contribution is 6.33. The van der Waals surface area contributed by atoms with Gasteiger partial charge >= 0.3 is 0 Å². The molecular formula is C27H23ClN6O5. The van der Waals surface area contributed by atoms with Gasteiger partial charge in [-0.1, -0.05) is 29.8 Å². The maximum absolute atomic E-state index is 12.4. The van der Waals surface area contributed by atoms with Gasteiger partial charge in [-0.25, -0.2) is 9.97 Å². The standard InChI is InChI=1S/C27H23ClN6O5/c1-37-20-11-14(25(29)36)22(24(39-3)23(20)38-2)26-30-17-9-8-13(10-19(17)31-26)18-12-21(35)34-27(33-18)32-16-7-5-4-6-15(16)28/h4-12H,1-3H3,(H2,29,36)(H,30,31)(H2,32,33,34,35). The molecule has 0 atom stereocenters. The molecule has 0 saturated heterocycles. The molecule has 5 N–H and O–H groups in total. The van der Waals surface area contributed by atoms with E-state index in [1.54, 1.807) is 36.4 Å². The van der Waals surface area contributed by atoms with Crippen molar-refractivity contribution in [3.05, 3.63) is 75.5 Å². The summed E-state index contributed by atoms with van der Waals surface area (Å²) in [6, 6.07) is 15.3. The maximum Gasteiger partial charge on any atom is 0.252 e. The number of H-pyrrole nitrogens is 2. The zero-order chi connectivity index (χ0) is 27.7. The monoisotopic (exact) mass is 546 g/mol. The van der Waals surface area contributed by atoms with Gasteiger partial charge in [0.25, 0.3) is 5.56 Å². The number of halogens is 1. The van der Waals surface area contributed by atoms with Gasteiger partial charge in [0.2, 0.25) is 17.6 Å². The number of ether oxygens (including phenoxy) is 3. The third-order valence-corrected chi connectivity index (χ3v) is 6.31. The van der Waals surface area contributed by atoms with Crippen LogP contribution in [0.1, 0.15) is 10.4 Å². The SMILES string of the molecule is COc1cc(C(N)=O)c(-c2nc3cc(-c4cc(=O)[nH]c(Nc5ccccc5Cl)n4)ccc3[nH]2)c(OC)c1OC. The van der Waals surface area contributed by atoms with Gasteiger partial charge in [0.15, 0.2) is 11.5 Å². The highest BCUT2D eigenvalue weighted by atomic mass is 35.5. The van der Waals surface area contributed by atoms with Crippen molar-refractivity contribution >= 4 is 40.2 Å². The molecule has 2 heterocycles. The molecule has 198 valence electrons. The summed E-state index contributed by atoms with van der Waals surface area (Å²) < 4.78 is 16.4. The number of nitrogens with zero attached hydrogens (tertiary/aromatic N) is 2. The predicted octanol–water partition coefficient (Wildman–Crippen LogP) is 4.50. The lowest BCUT2D eigenvalue weighted by molar-refractivity contribution is 0.1000. The number of methoxy groups -OCH3 is 3. The number of rotatable bonds is 8. The molecule has 0 radical (unpaired) electrons. The first kappa shape index (κ1) is 25.6. The lowest BCUT2D eigenvalue weighted by Crippen LogP contribution is -2.14. The molecule has 0 aliphatic carbocycles. The second kappa shape index (κ2) is 10.4. The molecule has 3 aromatic carbocycles. The summed E-state index contributed by atoms with van der Waals surface area (Å²) in [5.41, 5.74) is 8.67. The Morgan fingerprint density at radius 2 is 1.72 bits per heavy atom. The minimum absolute atomic E-state index is 0.135. The molecule has 0 saturated carbocycles. The van der Waals surface area contributed by atoms with E-state index in [0.29, 0.717) is 44.4 Å². The Morgan fingerprint density at radius 1 is 0.949 bits per heavy atom. The Bertz CT molecular complexity index is 1780. The molecule has 0 unspecified atom stereocenters. The van der Waals surface area contributed by atoms with Gasteiger partial charge in [0, 0.05) is 11.6 Å². The number of fused-ring (bicyclic) bond motifs is 1. The maximum atomic E-state index is 12.4. The van der Waals surface area contributed by atoms with E-state index in [1.165, 1.54) is 33.5 Å². The summed E-state index contributed by atoms with van der Waals surface area (Å²) in [4.78, 5) is 39.9. The molecule has 0 aliphatic heterocycles. The van der Waals surface area contributed by atoms with Crippen LogP contribution < -0.4 is 30.8 Å². The molecule has 0 bridgehead atoms. The number of amides is 1. The normalized spacial score (nSPS) is 10.9. The third kappa shape index (κ3) is 4.82. The average Bonchev–Trinajstić information content (AvgIpc) is 3.35. The number of benzene rings is 3. The van der Waals surface area contributed by atoms with Crippen LogP contribution in [0.15, 0.2) is 59.4 Å². The van der Waals surface area contributed by atoms with E-state index in [9.17, 15) is 9.59 Å². The minimum atomic E-state index is -0.698. The van der Waals surface area contributed by atoms with Gasteiger partial charge in [0.1, 0.15) is 5.82 Å². The number of aromatic nitrogens is 4. The molecule has 0 spiro atoms. The van der Waals surface area contributed by atoms with Crippen LogP contribution in [-0.4, -0.2) is 47.2 Å². The van der Waals surface area contributed by atoms with E-state index in [2.05, 4.69) is 25.3 Å². The largest absolute Gasteiger partial charge is 0.493 e. The molecule has 12 heteroatoms. The number of carbonyl (C=O) groups is 1. The van der Waals surface area contributed by atoms with Crippen molar-refractivity contribution in [1.82, 2.24) is 19.9 Å². The lowest BCUT2D eigenvalue weighted by Gasteiger charge is -2.17. The van der Waals surface area contributed by atoms with Crippen molar-refractivity contribution in [3.63, 3.8) is 0 Å². The number of nitrogens with two attached hydrogens (primary N) is 1. The van der Waals surface area contributed by atoms with Crippen molar-refractivity contribution in [2.45, 2.75) is 0 Å². The summed E-state index contributed by atoms with van der Waals surface area (Å²) >= 11 is 6.23. The summed E-state index contributed by atoms with van der Waals surface area (Å²) in [6.07, 6.45) is 0. The number of hydrogen-bond acceptors (Lipinski definition) is 8. The fourth-order valence-corrected chi connectivity index (χ4v) is 4.41.